The minimum atomic E-state index is 1.08. The van der Waals surface area contributed by atoms with E-state index in [2.05, 4.69) is 52.7 Å². The molecule has 0 saturated carbocycles. The average molecular weight is 204 g/mol. The summed E-state index contributed by atoms with van der Waals surface area (Å²) in [6.07, 6.45) is 6.17. The quantitative estimate of drug-likeness (QED) is 0.600. The number of rotatable bonds is 1. The Bertz CT molecular complexity index is 256. The molecule has 0 amide bonds. The van der Waals surface area contributed by atoms with Gasteiger partial charge in [-0.15, -0.1) is 0 Å². The molecule has 0 unspecified atom stereocenters. The predicted octanol–water partition coefficient (Wildman–Crippen LogP) is 1.11. The topological polar surface area (TPSA) is 0 Å². The van der Waals surface area contributed by atoms with Gasteiger partial charge in [-0.3, -0.25) is 0 Å². The third-order valence-corrected chi connectivity index (χ3v) is 2.37. The van der Waals surface area contributed by atoms with Gasteiger partial charge in [0.15, 0.2) is 0 Å². The second-order valence-electron chi connectivity index (χ2n) is 2.02. The number of allylic oxidation sites excluding steroid dienone is 5. The van der Waals surface area contributed by atoms with Crippen molar-refractivity contribution in [3.63, 3.8) is 0 Å². The van der Waals surface area contributed by atoms with Gasteiger partial charge in [0.1, 0.15) is 0 Å². The van der Waals surface area contributed by atoms with Gasteiger partial charge in [0.05, 0.1) is 0 Å². The van der Waals surface area contributed by atoms with Crippen LogP contribution in [-0.2, 0) is 34.0 Å². The van der Waals surface area contributed by atoms with Crippen LogP contribution in [0.15, 0.2) is 36.0 Å². The summed E-state index contributed by atoms with van der Waals surface area (Å²) in [5, 5.41) is 0. The first-order valence-electron chi connectivity index (χ1n) is 2.86. The van der Waals surface area contributed by atoms with Crippen LogP contribution in [0.25, 0.3) is 0 Å². The second-order valence-corrected chi connectivity index (χ2v) is 3.17. The molecule has 0 aromatic carbocycles. The molecule has 0 N–H and O–H groups in total. The van der Waals surface area contributed by atoms with E-state index in [4.69, 9.17) is 0 Å². The third-order valence-electron chi connectivity index (χ3n) is 1.26. The molecular weight excluding hydrogens is 198 g/mol. The second kappa shape index (κ2) is 3.50. The molecule has 0 saturated heterocycles. The average Bonchev–Trinajstić information content (AvgIpc) is 1.95. The van der Waals surface area contributed by atoms with Crippen molar-refractivity contribution in [2.75, 3.05) is 0 Å². The van der Waals surface area contributed by atoms with Crippen molar-refractivity contribution in [3.8, 4) is 0 Å². The Balaban J connectivity index is 2.96. The maximum absolute atomic E-state index is 3.86. The molecule has 48 valence electrons. The van der Waals surface area contributed by atoms with Crippen LogP contribution >= 0.6 is 0 Å². The number of hydrogen-bond donors (Lipinski definition) is 0. The van der Waals surface area contributed by atoms with Gasteiger partial charge in [0, 0.05) is 0 Å². The van der Waals surface area contributed by atoms with E-state index in [0.29, 0.717) is 0 Å². The fourth-order valence-corrected chi connectivity index (χ4v) is 1.26. The first kappa shape index (κ1) is 8.23. The van der Waals surface area contributed by atoms with Crippen LogP contribution in [0.3, 0.4) is 0 Å². The van der Waals surface area contributed by atoms with E-state index in [-0.39, 0.29) is 0 Å². The Kier molecular flexibility index (Phi) is 2.88. The first-order valence-corrected chi connectivity index (χ1v) is 4.37. The molecule has 10 heavy (non-hydrogen) atoms. The van der Waals surface area contributed by atoms with Gasteiger partial charge in [-0.2, -0.15) is 0 Å². The molecule has 0 heterocycles. The van der Waals surface area contributed by atoms with Crippen molar-refractivity contribution in [2.45, 2.75) is 0 Å². The van der Waals surface area contributed by atoms with Crippen LogP contribution in [0.5, 0.6) is 0 Å². The van der Waals surface area contributed by atoms with E-state index in [1.165, 1.54) is 9.80 Å². The van der Waals surface area contributed by atoms with E-state index in [0.717, 1.165) is 5.57 Å². The zero-order chi connectivity index (χ0) is 7.56. The summed E-state index contributed by atoms with van der Waals surface area (Å²) in [4.78, 5) is 0. The van der Waals surface area contributed by atoms with Gasteiger partial charge < -0.3 is 0 Å². The molecule has 0 nitrogen and oxygen atoms in total. The van der Waals surface area contributed by atoms with Crippen molar-refractivity contribution in [2.24, 2.45) is 0 Å². The summed E-state index contributed by atoms with van der Waals surface area (Å²) in [6, 6.07) is 0. The molecule has 0 atom stereocenters. The first-order chi connectivity index (χ1) is 4.74. The van der Waals surface area contributed by atoms with Crippen LogP contribution in [0.4, 0.5) is 0 Å². The summed E-state index contributed by atoms with van der Waals surface area (Å²) < 4.78 is 3.20. The Labute approximate surface area is 78.7 Å². The Morgan fingerprint density at radius 2 is 2.10 bits per heavy atom. The Hall–Kier alpha value is 0.129. The van der Waals surface area contributed by atoms with E-state index in [1.807, 2.05) is 10.8 Å². The molecule has 0 aromatic rings. The standard InChI is InChI=1S/C8H6.2V/c1-7-3-5-8(2)6-4-7;;/h1,3-5H,2H2;;. The summed E-state index contributed by atoms with van der Waals surface area (Å²) >= 11 is 4.96. The van der Waals surface area contributed by atoms with Crippen LogP contribution in [0.1, 0.15) is 0 Å². The van der Waals surface area contributed by atoms with Gasteiger partial charge >= 0.3 is 78.9 Å². The molecule has 1 rings (SSSR count). The fraction of sp³-hybridized carbons (Fsp3) is 0. The normalized spacial score (nSPS) is 16.8. The molecular formula is C8H6V2. The summed E-state index contributed by atoms with van der Waals surface area (Å²) in [7, 11) is 0. The predicted molar refractivity (Wildman–Crippen MR) is 37.4 cm³/mol. The molecule has 0 radical (unpaired) electrons. The Morgan fingerprint density at radius 3 is 2.60 bits per heavy atom. The van der Waals surface area contributed by atoms with Crippen LogP contribution in [-0.4, -0.2) is 8.96 Å². The van der Waals surface area contributed by atoms with Gasteiger partial charge in [-0.05, 0) is 0 Å². The minimum absolute atomic E-state index is 1.08. The summed E-state index contributed by atoms with van der Waals surface area (Å²) in [6.45, 7) is 3.86. The molecule has 0 aliphatic heterocycles. The zero-order valence-electron chi connectivity index (χ0n) is 5.41. The van der Waals surface area contributed by atoms with Crippen LogP contribution in [0, 0.1) is 0 Å². The fourth-order valence-electron chi connectivity index (χ4n) is 0.661. The van der Waals surface area contributed by atoms with Gasteiger partial charge in [0.2, 0.25) is 0 Å². The van der Waals surface area contributed by atoms with Crippen molar-refractivity contribution < 1.29 is 34.0 Å². The molecule has 1 aliphatic rings. The van der Waals surface area contributed by atoms with Crippen molar-refractivity contribution in [3.05, 3.63) is 36.0 Å². The molecule has 0 aromatic heterocycles. The third kappa shape index (κ3) is 1.80. The van der Waals surface area contributed by atoms with Crippen molar-refractivity contribution >= 4 is 8.96 Å². The van der Waals surface area contributed by atoms with E-state index < -0.39 is 0 Å². The number of hydrogen-bond acceptors (Lipinski definition) is 0. The summed E-state index contributed by atoms with van der Waals surface area (Å²) in [5.41, 5.74) is 2.31. The molecule has 0 bridgehead atoms. The van der Waals surface area contributed by atoms with Gasteiger partial charge in [-0.1, -0.05) is 0 Å². The Morgan fingerprint density at radius 1 is 1.40 bits per heavy atom. The SMILES string of the molecule is C=C1C=CC([CH]=[V])=C[C]1=[V]. The van der Waals surface area contributed by atoms with Gasteiger partial charge in [-0.25, -0.2) is 0 Å². The van der Waals surface area contributed by atoms with Crippen molar-refractivity contribution in [1.82, 2.24) is 0 Å². The van der Waals surface area contributed by atoms with E-state index in [1.54, 1.807) is 0 Å². The van der Waals surface area contributed by atoms with E-state index >= 15 is 0 Å². The molecule has 2 heteroatoms. The summed E-state index contributed by atoms with van der Waals surface area (Å²) in [5.74, 6) is 0. The molecule has 0 spiro atoms. The van der Waals surface area contributed by atoms with Gasteiger partial charge in [0.25, 0.3) is 0 Å². The monoisotopic (exact) mass is 204 g/mol. The van der Waals surface area contributed by atoms with Crippen LogP contribution in [0.2, 0.25) is 0 Å². The maximum atomic E-state index is 3.86. The van der Waals surface area contributed by atoms with Crippen molar-refractivity contribution in [1.29, 1.82) is 0 Å². The van der Waals surface area contributed by atoms with E-state index in [9.17, 15) is 0 Å². The zero-order valence-corrected chi connectivity index (χ0v) is 8.20. The molecule has 0 fully saturated rings. The van der Waals surface area contributed by atoms with Crippen LogP contribution < -0.4 is 0 Å². The molecule has 1 aliphatic carbocycles.